The van der Waals surface area contributed by atoms with E-state index in [-0.39, 0.29) is 23.0 Å². The van der Waals surface area contributed by atoms with Crippen molar-refractivity contribution in [3.8, 4) is 0 Å². The first-order valence-corrected chi connectivity index (χ1v) is 11.2. The molecular weight excluding hydrogens is 432 g/mol. The van der Waals surface area contributed by atoms with Gasteiger partial charge >= 0.3 is 5.69 Å². The number of halogens is 1. The summed E-state index contributed by atoms with van der Waals surface area (Å²) in [5.74, 6) is 1.09. The predicted octanol–water partition coefficient (Wildman–Crippen LogP) is 3.34. The summed E-state index contributed by atoms with van der Waals surface area (Å²) in [6, 6.07) is 9.88. The Bertz CT molecular complexity index is 1300. The average Bonchev–Trinajstić information content (AvgIpc) is 3.40. The molecule has 10 heteroatoms. The molecule has 1 aromatic carbocycles. The third-order valence-corrected chi connectivity index (χ3v) is 5.49. The van der Waals surface area contributed by atoms with Crippen LogP contribution in [-0.4, -0.2) is 29.2 Å². The molecule has 0 fully saturated rings. The number of aryl methyl sites for hydroxylation is 2. The standard InChI is InChI=1S/C22H25ClN6O3/c1-2-3-7-12-28-19-18(25-21(23)26-19)20(30)29(22(28)31)13-8-11-16-24-17(32-27-16)14-15-9-5-4-6-10-15/h4-6,9-10H,2-3,7-8,11-14H2,1H3,(H,25,26). The van der Waals surface area contributed by atoms with Crippen molar-refractivity contribution < 1.29 is 4.52 Å². The largest absolute Gasteiger partial charge is 0.339 e. The van der Waals surface area contributed by atoms with Gasteiger partial charge in [-0.25, -0.2) is 4.79 Å². The van der Waals surface area contributed by atoms with Crippen LogP contribution in [0.15, 0.2) is 44.4 Å². The Hall–Kier alpha value is -3.20. The third kappa shape index (κ3) is 4.83. The van der Waals surface area contributed by atoms with Crippen molar-refractivity contribution in [1.82, 2.24) is 29.2 Å². The quantitative estimate of drug-likeness (QED) is 0.289. The van der Waals surface area contributed by atoms with Crippen LogP contribution in [0.2, 0.25) is 5.28 Å². The summed E-state index contributed by atoms with van der Waals surface area (Å²) in [6.45, 7) is 2.81. The van der Waals surface area contributed by atoms with Gasteiger partial charge in [-0.2, -0.15) is 9.97 Å². The Kier molecular flexibility index (Phi) is 6.84. The summed E-state index contributed by atoms with van der Waals surface area (Å²) in [5.41, 5.74) is 0.843. The van der Waals surface area contributed by atoms with Crippen LogP contribution in [0.4, 0.5) is 0 Å². The van der Waals surface area contributed by atoms with Crippen molar-refractivity contribution in [2.45, 2.75) is 58.5 Å². The van der Waals surface area contributed by atoms with Crippen molar-refractivity contribution in [3.05, 3.63) is 73.7 Å². The summed E-state index contributed by atoms with van der Waals surface area (Å²) in [7, 11) is 0. The van der Waals surface area contributed by atoms with Gasteiger partial charge in [-0.1, -0.05) is 55.3 Å². The van der Waals surface area contributed by atoms with Crippen LogP contribution in [-0.2, 0) is 25.9 Å². The molecule has 32 heavy (non-hydrogen) atoms. The molecular formula is C22H25ClN6O3. The van der Waals surface area contributed by atoms with Gasteiger partial charge in [0, 0.05) is 19.5 Å². The number of nitrogens with zero attached hydrogens (tertiary/aromatic N) is 5. The molecule has 1 N–H and O–H groups in total. The van der Waals surface area contributed by atoms with E-state index in [9.17, 15) is 9.59 Å². The van der Waals surface area contributed by atoms with E-state index in [1.807, 2.05) is 30.3 Å². The molecule has 0 unspecified atom stereocenters. The van der Waals surface area contributed by atoms with Gasteiger partial charge < -0.3 is 9.51 Å². The van der Waals surface area contributed by atoms with Crippen molar-refractivity contribution in [3.63, 3.8) is 0 Å². The van der Waals surface area contributed by atoms with Gasteiger partial charge in [-0.15, -0.1) is 0 Å². The third-order valence-electron chi connectivity index (χ3n) is 5.31. The zero-order valence-corrected chi connectivity index (χ0v) is 18.6. The topological polar surface area (TPSA) is 112 Å². The van der Waals surface area contributed by atoms with Crippen molar-refractivity contribution >= 4 is 22.8 Å². The molecule has 0 aliphatic heterocycles. The SMILES string of the molecule is CCCCCn1c(=O)n(CCCc2noc(Cc3ccccc3)n2)c(=O)c2[nH]c(Cl)nc21. The molecule has 3 aromatic heterocycles. The van der Waals surface area contributed by atoms with Crippen LogP contribution in [0.25, 0.3) is 11.2 Å². The Balaban J connectivity index is 1.48. The minimum atomic E-state index is -0.422. The van der Waals surface area contributed by atoms with Crippen molar-refractivity contribution in [1.29, 1.82) is 0 Å². The van der Waals surface area contributed by atoms with Gasteiger partial charge in [0.15, 0.2) is 17.0 Å². The van der Waals surface area contributed by atoms with Gasteiger partial charge in [0.25, 0.3) is 5.56 Å². The maximum absolute atomic E-state index is 13.0. The number of nitrogens with one attached hydrogen (secondary N) is 1. The number of H-pyrrole nitrogens is 1. The molecule has 0 aliphatic rings. The molecule has 0 bridgehead atoms. The number of benzene rings is 1. The first-order chi connectivity index (χ1) is 15.6. The fraction of sp³-hybridized carbons (Fsp3) is 0.409. The van der Waals surface area contributed by atoms with Crippen LogP contribution in [0.5, 0.6) is 0 Å². The number of hydrogen-bond donors (Lipinski definition) is 1. The zero-order valence-electron chi connectivity index (χ0n) is 17.9. The molecule has 0 saturated heterocycles. The second-order valence-corrected chi connectivity index (χ2v) is 8.05. The fourth-order valence-corrected chi connectivity index (χ4v) is 3.86. The van der Waals surface area contributed by atoms with E-state index < -0.39 is 5.56 Å². The molecule has 3 heterocycles. The van der Waals surface area contributed by atoms with Crippen LogP contribution >= 0.6 is 11.6 Å². The van der Waals surface area contributed by atoms with Crippen molar-refractivity contribution in [2.75, 3.05) is 0 Å². The zero-order chi connectivity index (χ0) is 22.5. The van der Waals surface area contributed by atoms with E-state index >= 15 is 0 Å². The Morgan fingerprint density at radius 1 is 1.03 bits per heavy atom. The van der Waals surface area contributed by atoms with Gasteiger partial charge in [0.05, 0.1) is 6.42 Å². The van der Waals surface area contributed by atoms with Gasteiger partial charge in [0.2, 0.25) is 11.2 Å². The Morgan fingerprint density at radius 2 is 1.81 bits per heavy atom. The lowest BCUT2D eigenvalue weighted by Crippen LogP contribution is -2.40. The Labute approximate surface area is 189 Å². The van der Waals surface area contributed by atoms with Crippen LogP contribution in [0.1, 0.15) is 49.9 Å². The summed E-state index contributed by atoms with van der Waals surface area (Å²) < 4.78 is 8.09. The van der Waals surface area contributed by atoms with Crippen LogP contribution in [0, 0.1) is 0 Å². The number of unbranched alkanes of at least 4 members (excludes halogenated alkanes) is 2. The number of imidazole rings is 1. The Morgan fingerprint density at radius 3 is 2.59 bits per heavy atom. The molecule has 4 aromatic rings. The number of hydrogen-bond acceptors (Lipinski definition) is 6. The molecule has 9 nitrogen and oxygen atoms in total. The summed E-state index contributed by atoms with van der Waals surface area (Å²) in [5, 5.41) is 4.11. The van der Waals surface area contributed by atoms with E-state index in [2.05, 4.69) is 27.0 Å². The van der Waals surface area contributed by atoms with E-state index in [0.29, 0.717) is 43.2 Å². The fourth-order valence-electron chi connectivity index (χ4n) is 3.69. The lowest BCUT2D eigenvalue weighted by molar-refractivity contribution is 0.378. The highest BCUT2D eigenvalue weighted by molar-refractivity contribution is 6.28. The summed E-state index contributed by atoms with van der Waals surface area (Å²) in [6.07, 6.45) is 4.39. The molecule has 168 valence electrons. The normalized spacial score (nSPS) is 11.4. The minimum absolute atomic E-state index is 0.0937. The van der Waals surface area contributed by atoms with Crippen molar-refractivity contribution in [2.24, 2.45) is 0 Å². The molecule has 0 radical (unpaired) electrons. The highest BCUT2D eigenvalue weighted by atomic mass is 35.5. The molecule has 0 aliphatic carbocycles. The monoisotopic (exact) mass is 456 g/mol. The van der Waals surface area contributed by atoms with Gasteiger partial charge in [-0.3, -0.25) is 13.9 Å². The first-order valence-electron chi connectivity index (χ1n) is 10.8. The molecule has 4 rings (SSSR count). The average molecular weight is 457 g/mol. The lowest BCUT2D eigenvalue weighted by Gasteiger charge is -2.10. The molecule has 0 atom stereocenters. The number of rotatable bonds is 10. The van der Waals surface area contributed by atoms with E-state index in [4.69, 9.17) is 16.1 Å². The maximum atomic E-state index is 13.0. The summed E-state index contributed by atoms with van der Waals surface area (Å²) >= 11 is 5.98. The predicted molar refractivity (Wildman–Crippen MR) is 121 cm³/mol. The number of aromatic amines is 1. The lowest BCUT2D eigenvalue weighted by atomic mass is 10.1. The second-order valence-electron chi connectivity index (χ2n) is 7.69. The van der Waals surface area contributed by atoms with Gasteiger partial charge in [0.1, 0.15) is 0 Å². The number of fused-ring (bicyclic) bond motifs is 1. The highest BCUT2D eigenvalue weighted by Crippen LogP contribution is 2.12. The van der Waals surface area contributed by atoms with E-state index in [1.165, 1.54) is 9.13 Å². The molecule has 0 saturated carbocycles. The summed E-state index contributed by atoms with van der Waals surface area (Å²) in [4.78, 5) is 37.2. The molecule has 0 amide bonds. The van der Waals surface area contributed by atoms with E-state index in [1.54, 1.807) is 0 Å². The maximum Gasteiger partial charge on any atom is 0.332 e. The van der Waals surface area contributed by atoms with Gasteiger partial charge in [-0.05, 0) is 30.0 Å². The highest BCUT2D eigenvalue weighted by Gasteiger charge is 2.17. The minimum Gasteiger partial charge on any atom is -0.339 e. The van der Waals surface area contributed by atoms with E-state index in [0.717, 1.165) is 24.8 Å². The first kappa shape index (κ1) is 22.0. The smallest absolute Gasteiger partial charge is 0.332 e. The van der Waals surface area contributed by atoms with Crippen LogP contribution < -0.4 is 11.2 Å². The second kappa shape index (κ2) is 9.95. The van der Waals surface area contributed by atoms with Crippen LogP contribution in [0.3, 0.4) is 0 Å². The molecule has 0 spiro atoms. The number of aromatic nitrogens is 6.